The second-order valence-corrected chi connectivity index (χ2v) is 4.51. The molecule has 3 atom stereocenters. The fourth-order valence-corrected chi connectivity index (χ4v) is 2.75. The molecule has 1 aliphatic rings. The summed E-state index contributed by atoms with van der Waals surface area (Å²) in [4.78, 5) is 36.0. The molecule has 0 aliphatic heterocycles. The number of Topliss-reactive ketones (excluding diaryl/α,β-unsaturated/α-hetero) is 1. The highest BCUT2D eigenvalue weighted by Gasteiger charge is 2.80. The number of hydrogen-bond donors (Lipinski definition) is 0. The Balaban J connectivity index is 3.21. The minimum Gasteiger partial charge on any atom is -0.469 e. The molecule has 1 aliphatic carbocycles. The Labute approximate surface area is 117 Å². The lowest BCUT2D eigenvalue weighted by Crippen LogP contribution is -2.33. The van der Waals surface area contributed by atoms with Gasteiger partial charge in [0.15, 0.2) is 6.29 Å². The number of carbonyl (C=O) groups is 3. The highest BCUT2D eigenvalue weighted by atomic mass is 16.7. The molecular weight excluding hydrogens is 268 g/mol. The van der Waals surface area contributed by atoms with Gasteiger partial charge in [-0.1, -0.05) is 0 Å². The lowest BCUT2D eigenvalue weighted by Gasteiger charge is -2.17. The van der Waals surface area contributed by atoms with Crippen LogP contribution in [0.4, 0.5) is 0 Å². The van der Waals surface area contributed by atoms with Crippen molar-refractivity contribution in [3.63, 3.8) is 0 Å². The van der Waals surface area contributed by atoms with Gasteiger partial charge in [0.2, 0.25) is 0 Å². The number of ketones is 1. The Kier molecular flexibility index (Phi) is 5.24. The van der Waals surface area contributed by atoms with Crippen LogP contribution in [0.2, 0.25) is 0 Å². The summed E-state index contributed by atoms with van der Waals surface area (Å²) in [6, 6.07) is 0. The lowest BCUT2D eigenvalue weighted by molar-refractivity contribution is -0.161. The van der Waals surface area contributed by atoms with E-state index in [-0.39, 0.29) is 6.61 Å². The maximum atomic E-state index is 12.2. The van der Waals surface area contributed by atoms with Gasteiger partial charge in [0.25, 0.3) is 0 Å². The fourth-order valence-electron chi connectivity index (χ4n) is 2.75. The van der Waals surface area contributed by atoms with Crippen molar-refractivity contribution in [1.82, 2.24) is 0 Å². The van der Waals surface area contributed by atoms with Gasteiger partial charge in [-0.2, -0.15) is 0 Å². The van der Waals surface area contributed by atoms with E-state index in [1.54, 1.807) is 6.92 Å². The van der Waals surface area contributed by atoms with Crippen LogP contribution in [0.5, 0.6) is 0 Å². The summed E-state index contributed by atoms with van der Waals surface area (Å²) in [6.45, 7) is 2.98. The predicted octanol–water partition coefficient (Wildman–Crippen LogP) is 0.163. The number of esters is 2. The van der Waals surface area contributed by atoms with Crippen LogP contribution in [-0.2, 0) is 33.3 Å². The van der Waals surface area contributed by atoms with Crippen LogP contribution in [0.15, 0.2) is 0 Å². The molecular formula is C13H20O7. The number of ether oxygens (including phenoxy) is 4. The third kappa shape index (κ3) is 2.31. The number of methoxy groups -OCH3 is 3. The monoisotopic (exact) mass is 288 g/mol. The van der Waals surface area contributed by atoms with Gasteiger partial charge in [0, 0.05) is 20.1 Å². The normalized spacial score (nSPS) is 28.1. The molecule has 0 aromatic heterocycles. The Bertz CT molecular complexity index is 402. The lowest BCUT2D eigenvalue weighted by atomic mass is 9.96. The zero-order valence-corrected chi connectivity index (χ0v) is 12.3. The molecule has 0 spiro atoms. The molecule has 20 heavy (non-hydrogen) atoms. The zero-order valence-electron chi connectivity index (χ0n) is 12.3. The van der Waals surface area contributed by atoms with Crippen LogP contribution in [0.25, 0.3) is 0 Å². The van der Waals surface area contributed by atoms with Crippen molar-refractivity contribution in [3.05, 3.63) is 0 Å². The molecule has 0 radical (unpaired) electrons. The zero-order chi connectivity index (χ0) is 15.5. The van der Waals surface area contributed by atoms with E-state index in [2.05, 4.69) is 4.74 Å². The molecule has 0 aromatic rings. The minimum atomic E-state index is -1.58. The van der Waals surface area contributed by atoms with Crippen LogP contribution in [-0.4, -0.2) is 51.9 Å². The van der Waals surface area contributed by atoms with Crippen LogP contribution in [0.3, 0.4) is 0 Å². The first-order valence-electron chi connectivity index (χ1n) is 6.25. The van der Waals surface area contributed by atoms with E-state index >= 15 is 0 Å². The maximum Gasteiger partial charge on any atom is 0.321 e. The fraction of sp³-hybridized carbons (Fsp3) is 0.769. The second-order valence-electron chi connectivity index (χ2n) is 4.51. The van der Waals surface area contributed by atoms with Crippen molar-refractivity contribution >= 4 is 17.7 Å². The molecule has 1 fully saturated rings. The first-order valence-corrected chi connectivity index (χ1v) is 6.25. The van der Waals surface area contributed by atoms with Gasteiger partial charge < -0.3 is 18.9 Å². The molecule has 114 valence electrons. The van der Waals surface area contributed by atoms with Crippen molar-refractivity contribution in [2.45, 2.75) is 20.1 Å². The SMILES string of the molecule is CCOC(=O)C1(C(C)=O)[C@H](C(OC)OC)[C@@H]1C(=O)OC. The van der Waals surface area contributed by atoms with Crippen LogP contribution >= 0.6 is 0 Å². The second kappa shape index (κ2) is 6.32. The van der Waals surface area contributed by atoms with Gasteiger partial charge in [-0.3, -0.25) is 14.4 Å². The largest absolute Gasteiger partial charge is 0.469 e. The van der Waals surface area contributed by atoms with E-state index in [1.165, 1.54) is 28.3 Å². The van der Waals surface area contributed by atoms with E-state index in [0.29, 0.717) is 0 Å². The third-order valence-electron chi connectivity index (χ3n) is 3.68. The highest BCUT2D eigenvalue weighted by Crippen LogP contribution is 2.63. The van der Waals surface area contributed by atoms with Crippen LogP contribution in [0.1, 0.15) is 13.8 Å². The van der Waals surface area contributed by atoms with E-state index in [9.17, 15) is 14.4 Å². The van der Waals surface area contributed by atoms with Crippen molar-refractivity contribution in [3.8, 4) is 0 Å². The Morgan fingerprint density at radius 1 is 1.15 bits per heavy atom. The summed E-state index contributed by atoms with van der Waals surface area (Å²) in [5.74, 6) is -3.56. The van der Waals surface area contributed by atoms with Crippen molar-refractivity contribution in [2.75, 3.05) is 27.9 Å². The number of carbonyl (C=O) groups excluding carboxylic acids is 3. The Hall–Kier alpha value is -1.47. The van der Waals surface area contributed by atoms with E-state index < -0.39 is 41.3 Å². The van der Waals surface area contributed by atoms with E-state index in [4.69, 9.17) is 14.2 Å². The molecule has 0 heterocycles. The molecule has 1 rings (SSSR count). The molecule has 0 amide bonds. The number of hydrogen-bond acceptors (Lipinski definition) is 7. The topological polar surface area (TPSA) is 88.1 Å². The minimum absolute atomic E-state index is 0.110. The summed E-state index contributed by atoms with van der Waals surface area (Å²) >= 11 is 0. The Morgan fingerprint density at radius 3 is 2.05 bits per heavy atom. The van der Waals surface area contributed by atoms with Crippen LogP contribution < -0.4 is 0 Å². The standard InChI is InChI=1S/C13H20O7/c1-6-20-12(16)13(7(2)14)8(10(15)17-3)9(13)11(18-4)19-5/h8-9,11H,6H2,1-5H3/t8-,9+,13?/m1/s1. The van der Waals surface area contributed by atoms with Crippen molar-refractivity contribution < 1.29 is 33.3 Å². The van der Waals surface area contributed by atoms with Crippen molar-refractivity contribution in [1.29, 1.82) is 0 Å². The molecule has 0 saturated heterocycles. The quantitative estimate of drug-likeness (QED) is 0.374. The number of rotatable bonds is 7. The summed E-state index contributed by atoms with van der Waals surface area (Å²) in [5.41, 5.74) is -1.58. The first kappa shape index (κ1) is 16.6. The average molecular weight is 288 g/mol. The predicted molar refractivity (Wildman–Crippen MR) is 66.5 cm³/mol. The summed E-state index contributed by atoms with van der Waals surface area (Å²) < 4.78 is 19.8. The van der Waals surface area contributed by atoms with E-state index in [1.807, 2.05) is 0 Å². The van der Waals surface area contributed by atoms with Gasteiger partial charge in [-0.05, 0) is 13.8 Å². The molecule has 0 aromatic carbocycles. The average Bonchev–Trinajstić information content (AvgIpc) is 3.11. The molecule has 7 nitrogen and oxygen atoms in total. The molecule has 0 N–H and O–H groups in total. The smallest absolute Gasteiger partial charge is 0.321 e. The van der Waals surface area contributed by atoms with E-state index in [0.717, 1.165) is 0 Å². The summed E-state index contributed by atoms with van der Waals surface area (Å²) in [6.07, 6.45) is -0.868. The summed E-state index contributed by atoms with van der Waals surface area (Å²) in [7, 11) is 3.94. The first-order chi connectivity index (χ1) is 9.43. The summed E-state index contributed by atoms with van der Waals surface area (Å²) in [5, 5.41) is 0. The van der Waals surface area contributed by atoms with Gasteiger partial charge in [0.1, 0.15) is 11.2 Å². The van der Waals surface area contributed by atoms with Gasteiger partial charge in [0.05, 0.1) is 19.6 Å². The molecule has 1 saturated carbocycles. The Morgan fingerprint density at radius 2 is 1.70 bits per heavy atom. The molecule has 7 heteroatoms. The molecule has 0 bridgehead atoms. The molecule has 1 unspecified atom stereocenters. The highest BCUT2D eigenvalue weighted by molar-refractivity contribution is 6.11. The van der Waals surface area contributed by atoms with Gasteiger partial charge >= 0.3 is 11.9 Å². The maximum absolute atomic E-state index is 12.2. The van der Waals surface area contributed by atoms with Crippen molar-refractivity contribution in [2.24, 2.45) is 17.3 Å². The third-order valence-corrected chi connectivity index (χ3v) is 3.68. The van der Waals surface area contributed by atoms with Gasteiger partial charge in [-0.15, -0.1) is 0 Å². The van der Waals surface area contributed by atoms with Gasteiger partial charge in [-0.25, -0.2) is 0 Å². The van der Waals surface area contributed by atoms with Crippen LogP contribution in [0, 0.1) is 17.3 Å².